The van der Waals surface area contributed by atoms with Crippen LogP contribution >= 0.6 is 0 Å². The molecule has 0 N–H and O–H groups in total. The van der Waals surface area contributed by atoms with Crippen molar-refractivity contribution in [2.45, 2.75) is 19.4 Å². The number of carbonyl (C=O) groups is 1. The number of nitrogens with zero attached hydrogens (tertiary/aromatic N) is 3. The van der Waals surface area contributed by atoms with Gasteiger partial charge in [0.05, 0.1) is 5.56 Å². The number of esters is 1. The van der Waals surface area contributed by atoms with E-state index in [-0.39, 0.29) is 5.97 Å². The molecule has 0 unspecified atom stereocenters. The minimum Gasteiger partial charge on any atom is -0.451 e. The van der Waals surface area contributed by atoms with Crippen LogP contribution in [0.4, 0.5) is 0 Å². The smallest absolute Gasteiger partial charge is 0.339 e. The Balaban J connectivity index is 2.17. The standard InChI is InChI=1S/C12H11N3O2/c1-12(2)10-5-8(15-6-13-14-7-15)3-4-9(10)11(16)17-12/h3-7H,1-2H3. The molecule has 0 aliphatic carbocycles. The number of hydrogen-bond acceptors (Lipinski definition) is 4. The van der Waals surface area contributed by atoms with E-state index in [1.54, 1.807) is 23.3 Å². The van der Waals surface area contributed by atoms with Crippen LogP contribution in [0.3, 0.4) is 0 Å². The maximum absolute atomic E-state index is 11.6. The molecule has 5 heteroatoms. The maximum atomic E-state index is 11.6. The Hall–Kier alpha value is -2.17. The van der Waals surface area contributed by atoms with Gasteiger partial charge in [0.1, 0.15) is 18.3 Å². The Morgan fingerprint density at radius 1 is 1.24 bits per heavy atom. The lowest BCUT2D eigenvalue weighted by Gasteiger charge is -2.17. The molecule has 2 aromatic rings. The highest BCUT2D eigenvalue weighted by Gasteiger charge is 2.37. The molecular formula is C12H11N3O2. The third kappa shape index (κ3) is 1.43. The Morgan fingerprint density at radius 3 is 2.65 bits per heavy atom. The largest absolute Gasteiger partial charge is 0.451 e. The van der Waals surface area contributed by atoms with Crippen molar-refractivity contribution in [1.82, 2.24) is 14.8 Å². The summed E-state index contributed by atoms with van der Waals surface area (Å²) in [4.78, 5) is 11.6. The summed E-state index contributed by atoms with van der Waals surface area (Å²) in [5, 5.41) is 7.52. The number of aromatic nitrogens is 3. The molecule has 0 saturated heterocycles. The fraction of sp³-hybridized carbons (Fsp3) is 0.250. The van der Waals surface area contributed by atoms with Crippen LogP contribution in [0.5, 0.6) is 0 Å². The summed E-state index contributed by atoms with van der Waals surface area (Å²) in [5.74, 6) is -0.264. The zero-order valence-electron chi connectivity index (χ0n) is 9.54. The van der Waals surface area contributed by atoms with Crippen molar-refractivity contribution in [3.05, 3.63) is 42.0 Å². The topological polar surface area (TPSA) is 57.0 Å². The summed E-state index contributed by atoms with van der Waals surface area (Å²) >= 11 is 0. The average Bonchev–Trinajstić information content (AvgIpc) is 2.87. The van der Waals surface area contributed by atoms with Crippen LogP contribution in [0.15, 0.2) is 30.9 Å². The zero-order chi connectivity index (χ0) is 12.0. The first-order valence-electron chi connectivity index (χ1n) is 5.31. The van der Waals surface area contributed by atoms with Gasteiger partial charge in [0.15, 0.2) is 0 Å². The number of hydrogen-bond donors (Lipinski definition) is 0. The van der Waals surface area contributed by atoms with E-state index in [9.17, 15) is 4.79 Å². The average molecular weight is 229 g/mol. The predicted octanol–water partition coefficient (Wildman–Crippen LogP) is 1.67. The SMILES string of the molecule is CC1(C)OC(=O)c2ccc(-n3cnnc3)cc21. The van der Waals surface area contributed by atoms with Gasteiger partial charge in [-0.3, -0.25) is 4.57 Å². The molecule has 1 aromatic carbocycles. The predicted molar refractivity (Wildman–Crippen MR) is 59.8 cm³/mol. The molecular weight excluding hydrogens is 218 g/mol. The minimum absolute atomic E-state index is 0.264. The van der Waals surface area contributed by atoms with E-state index >= 15 is 0 Å². The first-order chi connectivity index (χ1) is 8.08. The molecule has 0 fully saturated rings. The molecule has 1 aliphatic heterocycles. The van der Waals surface area contributed by atoms with E-state index in [4.69, 9.17) is 4.74 Å². The Morgan fingerprint density at radius 2 is 1.94 bits per heavy atom. The van der Waals surface area contributed by atoms with Gasteiger partial charge in [-0.1, -0.05) is 0 Å². The molecule has 0 saturated carbocycles. The van der Waals surface area contributed by atoms with Crippen molar-refractivity contribution < 1.29 is 9.53 Å². The second-order valence-corrected chi connectivity index (χ2v) is 4.50. The fourth-order valence-electron chi connectivity index (χ4n) is 2.04. The lowest BCUT2D eigenvalue weighted by molar-refractivity contribution is 0.00954. The van der Waals surface area contributed by atoms with E-state index in [1.807, 2.05) is 26.0 Å². The van der Waals surface area contributed by atoms with Gasteiger partial charge in [-0.15, -0.1) is 10.2 Å². The highest BCUT2D eigenvalue weighted by molar-refractivity contribution is 5.95. The maximum Gasteiger partial charge on any atom is 0.339 e. The van der Waals surface area contributed by atoms with Gasteiger partial charge in [0, 0.05) is 11.3 Å². The number of cyclic esters (lactones) is 1. The van der Waals surface area contributed by atoms with Crippen LogP contribution in [0.1, 0.15) is 29.8 Å². The van der Waals surface area contributed by atoms with Crippen LogP contribution < -0.4 is 0 Å². The Bertz CT molecular complexity index is 588. The molecule has 0 bridgehead atoms. The molecule has 17 heavy (non-hydrogen) atoms. The van der Waals surface area contributed by atoms with Crippen LogP contribution in [0.25, 0.3) is 5.69 Å². The number of carbonyl (C=O) groups excluding carboxylic acids is 1. The number of rotatable bonds is 1. The van der Waals surface area contributed by atoms with Crippen molar-refractivity contribution in [2.75, 3.05) is 0 Å². The van der Waals surface area contributed by atoms with Gasteiger partial charge >= 0.3 is 5.97 Å². The number of ether oxygens (including phenoxy) is 1. The highest BCUT2D eigenvalue weighted by atomic mass is 16.6. The van der Waals surface area contributed by atoms with Crippen molar-refractivity contribution in [1.29, 1.82) is 0 Å². The zero-order valence-corrected chi connectivity index (χ0v) is 9.54. The molecule has 1 aliphatic rings. The van der Waals surface area contributed by atoms with E-state index in [0.717, 1.165) is 11.3 Å². The molecule has 0 radical (unpaired) electrons. The highest BCUT2D eigenvalue weighted by Crippen LogP contribution is 2.36. The summed E-state index contributed by atoms with van der Waals surface area (Å²) in [7, 11) is 0. The molecule has 5 nitrogen and oxygen atoms in total. The van der Waals surface area contributed by atoms with Gasteiger partial charge in [-0.25, -0.2) is 4.79 Å². The summed E-state index contributed by atoms with van der Waals surface area (Å²) < 4.78 is 7.10. The van der Waals surface area contributed by atoms with Gasteiger partial charge < -0.3 is 4.74 Å². The minimum atomic E-state index is -0.573. The summed E-state index contributed by atoms with van der Waals surface area (Å²) in [5.41, 5.74) is 1.87. The molecule has 0 spiro atoms. The fourth-order valence-corrected chi connectivity index (χ4v) is 2.04. The first-order valence-corrected chi connectivity index (χ1v) is 5.31. The van der Waals surface area contributed by atoms with Gasteiger partial charge in [0.2, 0.25) is 0 Å². The lowest BCUT2D eigenvalue weighted by Crippen LogP contribution is -2.16. The van der Waals surface area contributed by atoms with Crippen molar-refractivity contribution in [3.63, 3.8) is 0 Å². The molecule has 86 valence electrons. The number of fused-ring (bicyclic) bond motifs is 1. The molecule has 0 atom stereocenters. The number of benzene rings is 1. The van der Waals surface area contributed by atoms with Crippen molar-refractivity contribution in [2.24, 2.45) is 0 Å². The lowest BCUT2D eigenvalue weighted by atomic mass is 9.95. The third-order valence-electron chi connectivity index (χ3n) is 2.94. The second-order valence-electron chi connectivity index (χ2n) is 4.50. The third-order valence-corrected chi connectivity index (χ3v) is 2.94. The Labute approximate surface area is 98.0 Å². The molecule has 2 heterocycles. The van der Waals surface area contributed by atoms with Crippen LogP contribution in [0.2, 0.25) is 0 Å². The monoisotopic (exact) mass is 229 g/mol. The summed E-state index contributed by atoms with van der Waals surface area (Å²) in [6.07, 6.45) is 3.23. The van der Waals surface area contributed by atoms with E-state index in [2.05, 4.69) is 10.2 Å². The quantitative estimate of drug-likeness (QED) is 0.698. The van der Waals surface area contributed by atoms with Gasteiger partial charge in [0.25, 0.3) is 0 Å². The summed E-state index contributed by atoms with van der Waals surface area (Å²) in [6.45, 7) is 3.76. The Kier molecular flexibility index (Phi) is 1.86. The van der Waals surface area contributed by atoms with E-state index < -0.39 is 5.60 Å². The van der Waals surface area contributed by atoms with Crippen molar-refractivity contribution >= 4 is 5.97 Å². The second kappa shape index (κ2) is 3.16. The van der Waals surface area contributed by atoms with Crippen molar-refractivity contribution in [3.8, 4) is 5.69 Å². The van der Waals surface area contributed by atoms with E-state index in [0.29, 0.717) is 5.56 Å². The molecule has 1 aromatic heterocycles. The van der Waals surface area contributed by atoms with Crippen LogP contribution in [-0.4, -0.2) is 20.7 Å². The normalized spacial score (nSPS) is 16.7. The van der Waals surface area contributed by atoms with Gasteiger partial charge in [-0.05, 0) is 32.0 Å². The van der Waals surface area contributed by atoms with E-state index in [1.165, 1.54) is 0 Å². The summed E-state index contributed by atoms with van der Waals surface area (Å²) in [6, 6.07) is 5.57. The molecule has 3 rings (SSSR count). The van der Waals surface area contributed by atoms with Crippen LogP contribution in [-0.2, 0) is 10.3 Å². The van der Waals surface area contributed by atoms with Crippen LogP contribution in [0, 0.1) is 0 Å². The molecule has 0 amide bonds. The van der Waals surface area contributed by atoms with Gasteiger partial charge in [-0.2, -0.15) is 0 Å². The first kappa shape index (κ1) is 10.0.